The number of rotatable bonds is 5. The zero-order valence-corrected chi connectivity index (χ0v) is 10.1. The molecule has 1 aliphatic rings. The molecule has 2 rings (SSSR count). The maximum absolute atomic E-state index is 13.5. The summed E-state index contributed by atoms with van der Waals surface area (Å²) in [6, 6.07) is 9.12. The Morgan fingerprint density at radius 3 is 2.71 bits per heavy atom. The molecule has 17 heavy (non-hydrogen) atoms. The summed E-state index contributed by atoms with van der Waals surface area (Å²) in [5, 5.41) is 8.76. The molecule has 0 aromatic heterocycles. The standard InChI is InChI=1S/C14H17FN2/c1-17(11-14(6-7-14)8-9-16)10-12-4-2-3-5-13(12)15/h2-5H,6-8,10-11H2,1H3. The van der Waals surface area contributed by atoms with E-state index in [-0.39, 0.29) is 11.2 Å². The van der Waals surface area contributed by atoms with Crippen LogP contribution in [-0.4, -0.2) is 18.5 Å². The van der Waals surface area contributed by atoms with Crippen molar-refractivity contribution in [3.05, 3.63) is 35.6 Å². The number of nitrogens with zero attached hydrogens (tertiary/aromatic N) is 2. The lowest BCUT2D eigenvalue weighted by Gasteiger charge is -2.22. The molecule has 0 unspecified atom stereocenters. The third-order valence-electron chi connectivity index (χ3n) is 3.41. The molecule has 90 valence electrons. The Balaban J connectivity index is 1.92. The maximum Gasteiger partial charge on any atom is 0.127 e. The lowest BCUT2D eigenvalue weighted by Crippen LogP contribution is -2.26. The molecule has 1 aromatic carbocycles. The Morgan fingerprint density at radius 2 is 2.12 bits per heavy atom. The fourth-order valence-corrected chi connectivity index (χ4v) is 2.28. The average Bonchev–Trinajstić information content (AvgIpc) is 3.02. The van der Waals surface area contributed by atoms with E-state index in [1.54, 1.807) is 6.07 Å². The summed E-state index contributed by atoms with van der Waals surface area (Å²) in [6.45, 7) is 1.49. The van der Waals surface area contributed by atoms with E-state index in [4.69, 9.17) is 5.26 Å². The molecule has 0 heterocycles. The van der Waals surface area contributed by atoms with Crippen LogP contribution in [0.3, 0.4) is 0 Å². The number of hydrogen-bond acceptors (Lipinski definition) is 2. The fourth-order valence-electron chi connectivity index (χ4n) is 2.28. The third kappa shape index (κ3) is 3.04. The fraction of sp³-hybridized carbons (Fsp3) is 0.500. The third-order valence-corrected chi connectivity index (χ3v) is 3.41. The van der Waals surface area contributed by atoms with E-state index in [1.165, 1.54) is 6.07 Å². The minimum absolute atomic E-state index is 0.149. The van der Waals surface area contributed by atoms with Crippen LogP contribution in [0, 0.1) is 22.6 Å². The topological polar surface area (TPSA) is 27.0 Å². The van der Waals surface area contributed by atoms with Crippen molar-refractivity contribution in [2.24, 2.45) is 5.41 Å². The number of nitriles is 1. The van der Waals surface area contributed by atoms with E-state index in [0.29, 0.717) is 13.0 Å². The van der Waals surface area contributed by atoms with Crippen LogP contribution in [0.25, 0.3) is 0 Å². The lowest BCUT2D eigenvalue weighted by atomic mass is 10.0. The second-order valence-electron chi connectivity index (χ2n) is 5.10. The van der Waals surface area contributed by atoms with Gasteiger partial charge in [-0.15, -0.1) is 0 Å². The highest BCUT2D eigenvalue weighted by Crippen LogP contribution is 2.49. The number of hydrogen-bond donors (Lipinski definition) is 0. The van der Waals surface area contributed by atoms with Crippen molar-refractivity contribution in [3.8, 4) is 6.07 Å². The summed E-state index contributed by atoms with van der Waals surface area (Å²) in [5.41, 5.74) is 0.914. The highest BCUT2D eigenvalue weighted by atomic mass is 19.1. The first-order valence-electron chi connectivity index (χ1n) is 5.94. The van der Waals surface area contributed by atoms with Crippen molar-refractivity contribution < 1.29 is 4.39 Å². The van der Waals surface area contributed by atoms with Crippen molar-refractivity contribution in [1.29, 1.82) is 5.26 Å². The summed E-state index contributed by atoms with van der Waals surface area (Å²) < 4.78 is 13.5. The van der Waals surface area contributed by atoms with Crippen LogP contribution < -0.4 is 0 Å². The van der Waals surface area contributed by atoms with Gasteiger partial charge >= 0.3 is 0 Å². The minimum atomic E-state index is -0.149. The Labute approximate surface area is 102 Å². The van der Waals surface area contributed by atoms with Gasteiger partial charge in [0.25, 0.3) is 0 Å². The van der Waals surface area contributed by atoms with Crippen LogP contribution in [0.5, 0.6) is 0 Å². The maximum atomic E-state index is 13.5. The zero-order valence-electron chi connectivity index (χ0n) is 10.1. The molecule has 0 radical (unpaired) electrons. The van der Waals surface area contributed by atoms with E-state index in [9.17, 15) is 4.39 Å². The summed E-state index contributed by atoms with van der Waals surface area (Å²) in [7, 11) is 1.99. The van der Waals surface area contributed by atoms with Crippen LogP contribution >= 0.6 is 0 Å². The van der Waals surface area contributed by atoms with E-state index in [1.807, 2.05) is 19.2 Å². The van der Waals surface area contributed by atoms with Crippen LogP contribution in [0.4, 0.5) is 4.39 Å². The van der Waals surface area contributed by atoms with Crippen molar-refractivity contribution in [2.45, 2.75) is 25.8 Å². The van der Waals surface area contributed by atoms with E-state index < -0.39 is 0 Å². The molecule has 1 aliphatic carbocycles. The van der Waals surface area contributed by atoms with Crippen molar-refractivity contribution in [1.82, 2.24) is 4.90 Å². The van der Waals surface area contributed by atoms with Gasteiger partial charge < -0.3 is 4.90 Å². The lowest BCUT2D eigenvalue weighted by molar-refractivity contribution is 0.254. The molecule has 0 atom stereocenters. The Kier molecular flexibility index (Phi) is 3.44. The van der Waals surface area contributed by atoms with Crippen LogP contribution in [-0.2, 0) is 6.54 Å². The highest BCUT2D eigenvalue weighted by molar-refractivity contribution is 5.17. The molecule has 1 aromatic rings. The molecule has 3 heteroatoms. The van der Waals surface area contributed by atoms with E-state index in [0.717, 1.165) is 24.9 Å². The second kappa shape index (κ2) is 4.85. The number of halogens is 1. The Bertz CT molecular complexity index is 432. The van der Waals surface area contributed by atoms with E-state index in [2.05, 4.69) is 11.0 Å². The van der Waals surface area contributed by atoms with Gasteiger partial charge in [-0.05, 0) is 31.4 Å². The van der Waals surface area contributed by atoms with Gasteiger partial charge in [0.1, 0.15) is 5.82 Å². The summed E-state index contributed by atoms with van der Waals surface area (Å²) in [4.78, 5) is 2.11. The highest BCUT2D eigenvalue weighted by Gasteiger charge is 2.43. The smallest absolute Gasteiger partial charge is 0.127 e. The molecule has 0 bridgehead atoms. The molecule has 0 spiro atoms. The first-order valence-corrected chi connectivity index (χ1v) is 5.94. The van der Waals surface area contributed by atoms with Gasteiger partial charge in [-0.3, -0.25) is 0 Å². The van der Waals surface area contributed by atoms with E-state index >= 15 is 0 Å². The first kappa shape index (κ1) is 12.1. The predicted molar refractivity (Wildman–Crippen MR) is 64.6 cm³/mol. The van der Waals surface area contributed by atoms with Crippen LogP contribution in [0.15, 0.2) is 24.3 Å². The molecular formula is C14H17FN2. The Hall–Kier alpha value is -1.40. The number of benzene rings is 1. The van der Waals surface area contributed by atoms with Crippen LogP contribution in [0.2, 0.25) is 0 Å². The first-order chi connectivity index (χ1) is 8.15. The van der Waals surface area contributed by atoms with Gasteiger partial charge in [-0.2, -0.15) is 5.26 Å². The molecule has 1 fully saturated rings. The quantitative estimate of drug-likeness (QED) is 0.780. The molecule has 0 N–H and O–H groups in total. The SMILES string of the molecule is CN(Cc1ccccc1F)CC1(CC#N)CC1. The normalized spacial score (nSPS) is 16.8. The van der Waals surface area contributed by atoms with Gasteiger partial charge in [0.15, 0.2) is 0 Å². The van der Waals surface area contributed by atoms with Gasteiger partial charge in [0, 0.05) is 25.1 Å². The zero-order chi connectivity index (χ0) is 12.3. The molecule has 2 nitrogen and oxygen atoms in total. The minimum Gasteiger partial charge on any atom is -0.301 e. The monoisotopic (exact) mass is 232 g/mol. The van der Waals surface area contributed by atoms with Gasteiger partial charge in [0.05, 0.1) is 6.07 Å². The largest absolute Gasteiger partial charge is 0.301 e. The summed E-state index contributed by atoms with van der Waals surface area (Å²) >= 11 is 0. The van der Waals surface area contributed by atoms with Crippen molar-refractivity contribution in [2.75, 3.05) is 13.6 Å². The van der Waals surface area contributed by atoms with Crippen LogP contribution in [0.1, 0.15) is 24.8 Å². The molecular weight excluding hydrogens is 215 g/mol. The Morgan fingerprint density at radius 1 is 1.41 bits per heavy atom. The average molecular weight is 232 g/mol. The second-order valence-corrected chi connectivity index (χ2v) is 5.10. The molecule has 0 aliphatic heterocycles. The molecule has 0 saturated heterocycles. The summed E-state index contributed by atoms with van der Waals surface area (Å²) in [5.74, 6) is -0.149. The van der Waals surface area contributed by atoms with Crippen molar-refractivity contribution in [3.63, 3.8) is 0 Å². The van der Waals surface area contributed by atoms with Gasteiger partial charge in [-0.25, -0.2) is 4.39 Å². The molecule has 0 amide bonds. The van der Waals surface area contributed by atoms with Crippen molar-refractivity contribution >= 4 is 0 Å². The van der Waals surface area contributed by atoms with Gasteiger partial charge in [-0.1, -0.05) is 18.2 Å². The summed E-state index contributed by atoms with van der Waals surface area (Å²) in [6.07, 6.45) is 2.87. The predicted octanol–water partition coefficient (Wildman–Crippen LogP) is 2.95. The van der Waals surface area contributed by atoms with Gasteiger partial charge in [0.2, 0.25) is 0 Å². The molecule has 1 saturated carbocycles.